The molecule has 0 N–H and O–H groups in total. The van der Waals surface area contributed by atoms with Crippen LogP contribution in [0.3, 0.4) is 0 Å². The Balaban J connectivity index is 0.000000292. The fraction of sp³-hybridized carbons (Fsp3) is 0.857. The highest BCUT2D eigenvalue weighted by atomic mass is 16.6. The summed E-state index contributed by atoms with van der Waals surface area (Å²) < 4.78 is 4.86. The van der Waals surface area contributed by atoms with Crippen molar-refractivity contribution in [1.29, 1.82) is 5.26 Å². The van der Waals surface area contributed by atoms with E-state index in [2.05, 4.69) is 0 Å². The van der Waals surface area contributed by atoms with Gasteiger partial charge in [-0.3, -0.25) is 0 Å². The molecule has 1 aliphatic rings. The number of nitrogens with zero attached hydrogens (tertiary/aromatic N) is 2. The zero-order chi connectivity index (χ0) is 8.74. The van der Waals surface area contributed by atoms with Crippen molar-refractivity contribution in [2.45, 2.75) is 6.92 Å². The smallest absolute Gasteiger partial charge is 0.102 e. The van der Waals surface area contributed by atoms with Gasteiger partial charge < -0.3 is 14.6 Å². The van der Waals surface area contributed by atoms with Crippen LogP contribution in [-0.4, -0.2) is 38.0 Å². The molecule has 1 rings (SSSR count). The first-order valence-corrected chi connectivity index (χ1v) is 3.56. The lowest BCUT2D eigenvalue weighted by Crippen LogP contribution is -2.46. The van der Waals surface area contributed by atoms with Crippen LogP contribution in [-0.2, 0) is 4.74 Å². The Morgan fingerprint density at radius 2 is 1.82 bits per heavy atom. The topological polar surface area (TPSA) is 56.1 Å². The van der Waals surface area contributed by atoms with Gasteiger partial charge in [0.25, 0.3) is 0 Å². The van der Waals surface area contributed by atoms with Crippen molar-refractivity contribution in [3.8, 4) is 6.07 Å². The molecule has 11 heavy (non-hydrogen) atoms. The molecule has 0 bridgehead atoms. The van der Waals surface area contributed by atoms with Crippen LogP contribution in [0.4, 0.5) is 0 Å². The minimum atomic E-state index is -0.125. The van der Waals surface area contributed by atoms with E-state index in [1.165, 1.54) is 6.92 Å². The number of likely N-dealkylation sites (N-methyl/N-ethyl adjacent to an activating group) is 1. The number of ether oxygens (including phenoxy) is 1. The lowest BCUT2D eigenvalue weighted by molar-refractivity contribution is -0.869. The summed E-state index contributed by atoms with van der Waals surface area (Å²) in [6.07, 6.45) is 0. The Morgan fingerprint density at radius 1 is 1.45 bits per heavy atom. The van der Waals surface area contributed by atoms with E-state index in [0.717, 1.165) is 0 Å². The summed E-state index contributed by atoms with van der Waals surface area (Å²) in [5, 5.41) is 18.3. The number of quaternary nitrogens is 1. The van der Waals surface area contributed by atoms with Crippen molar-refractivity contribution < 1.29 is 9.38 Å². The number of morpholine rings is 1. The molecule has 1 fully saturated rings. The molecule has 0 aromatic heterocycles. The predicted molar refractivity (Wildman–Crippen MR) is 41.4 cm³/mol. The molecule has 1 saturated heterocycles. The molecule has 0 aromatic carbocycles. The van der Waals surface area contributed by atoms with Crippen LogP contribution >= 0.6 is 0 Å². The number of rotatable bonds is 0. The summed E-state index contributed by atoms with van der Waals surface area (Å²) in [6.45, 7) is 3.90. The standard InChI is InChI=1S/C5H11NO2.C2H3N/c1-6(7)2-4-8-5-3-6;1-2-3/h2-5H2,1H3;1H3. The van der Waals surface area contributed by atoms with E-state index in [-0.39, 0.29) is 4.65 Å². The van der Waals surface area contributed by atoms with Crippen LogP contribution in [0.5, 0.6) is 0 Å². The Bertz CT molecular complexity index is 132. The zero-order valence-electron chi connectivity index (χ0n) is 7.04. The van der Waals surface area contributed by atoms with Crippen molar-refractivity contribution in [2.24, 2.45) is 0 Å². The quantitative estimate of drug-likeness (QED) is 0.381. The van der Waals surface area contributed by atoms with E-state index >= 15 is 0 Å². The Labute approximate surface area is 67.2 Å². The first-order valence-electron chi connectivity index (χ1n) is 3.56. The summed E-state index contributed by atoms with van der Waals surface area (Å²) in [6, 6.07) is 1.75. The third kappa shape index (κ3) is 5.80. The van der Waals surface area contributed by atoms with Gasteiger partial charge in [0.2, 0.25) is 0 Å². The number of hydrogen-bond donors (Lipinski definition) is 0. The maximum Gasteiger partial charge on any atom is 0.102 e. The monoisotopic (exact) mass is 158 g/mol. The maximum atomic E-state index is 11.0. The van der Waals surface area contributed by atoms with Crippen molar-refractivity contribution >= 4 is 0 Å². The summed E-state index contributed by atoms with van der Waals surface area (Å²) in [5.74, 6) is 0. The molecule has 0 unspecified atom stereocenters. The average molecular weight is 158 g/mol. The van der Waals surface area contributed by atoms with Crippen molar-refractivity contribution in [3.63, 3.8) is 0 Å². The van der Waals surface area contributed by atoms with Gasteiger partial charge in [0.1, 0.15) is 13.1 Å². The lowest BCUT2D eigenvalue weighted by Gasteiger charge is -2.41. The molecule has 4 nitrogen and oxygen atoms in total. The number of hydroxylamine groups is 3. The number of nitriles is 1. The molecule has 64 valence electrons. The SMILES string of the molecule is CC#N.C[N+]1([O-])CCOCC1. The van der Waals surface area contributed by atoms with Crippen LogP contribution in [0.2, 0.25) is 0 Å². The first-order chi connectivity index (χ1) is 5.12. The summed E-state index contributed by atoms with van der Waals surface area (Å²) >= 11 is 0. The highest BCUT2D eigenvalue weighted by Gasteiger charge is 2.13. The lowest BCUT2D eigenvalue weighted by atomic mass is 10.4. The van der Waals surface area contributed by atoms with E-state index in [1.54, 1.807) is 13.1 Å². The van der Waals surface area contributed by atoms with Crippen LogP contribution in [0, 0.1) is 16.5 Å². The molecule has 0 radical (unpaired) electrons. The number of hydrogen-bond acceptors (Lipinski definition) is 3. The molecule has 4 heteroatoms. The Kier molecular flexibility index (Phi) is 4.79. The summed E-state index contributed by atoms with van der Waals surface area (Å²) in [4.78, 5) is 0. The molecule has 0 atom stereocenters. The second-order valence-corrected chi connectivity index (χ2v) is 2.58. The molecular formula is C7H14N2O2. The van der Waals surface area contributed by atoms with Gasteiger partial charge in [0.05, 0.1) is 26.3 Å². The van der Waals surface area contributed by atoms with Crippen LogP contribution in [0.1, 0.15) is 6.92 Å². The van der Waals surface area contributed by atoms with Gasteiger partial charge in [-0.2, -0.15) is 5.26 Å². The molecule has 1 heterocycles. The third-order valence-electron chi connectivity index (χ3n) is 1.42. The van der Waals surface area contributed by atoms with E-state index in [4.69, 9.17) is 10.00 Å². The molecule has 0 saturated carbocycles. The minimum Gasteiger partial charge on any atom is -0.633 e. The third-order valence-corrected chi connectivity index (χ3v) is 1.42. The normalized spacial score (nSPS) is 20.9. The van der Waals surface area contributed by atoms with Crippen LogP contribution in [0.15, 0.2) is 0 Å². The second-order valence-electron chi connectivity index (χ2n) is 2.58. The highest BCUT2D eigenvalue weighted by molar-refractivity contribution is 4.51. The van der Waals surface area contributed by atoms with Crippen molar-refractivity contribution in [1.82, 2.24) is 0 Å². The molecule has 0 spiro atoms. The largest absolute Gasteiger partial charge is 0.633 e. The summed E-state index contributed by atoms with van der Waals surface area (Å²) in [7, 11) is 1.68. The minimum absolute atomic E-state index is 0.125. The van der Waals surface area contributed by atoms with Crippen molar-refractivity contribution in [3.05, 3.63) is 5.21 Å². The van der Waals surface area contributed by atoms with Gasteiger partial charge in [-0.15, -0.1) is 0 Å². The molecule has 0 aliphatic carbocycles. The van der Waals surface area contributed by atoms with E-state index in [1.807, 2.05) is 0 Å². The molecular weight excluding hydrogens is 144 g/mol. The first kappa shape index (κ1) is 10.4. The Morgan fingerprint density at radius 3 is 2.00 bits per heavy atom. The van der Waals surface area contributed by atoms with Gasteiger partial charge in [0, 0.05) is 6.92 Å². The fourth-order valence-electron chi connectivity index (χ4n) is 0.729. The van der Waals surface area contributed by atoms with E-state index in [9.17, 15) is 5.21 Å². The highest BCUT2D eigenvalue weighted by Crippen LogP contribution is 2.02. The molecule has 0 aromatic rings. The Hall–Kier alpha value is -0.630. The van der Waals surface area contributed by atoms with E-state index < -0.39 is 0 Å². The van der Waals surface area contributed by atoms with Crippen LogP contribution in [0.25, 0.3) is 0 Å². The fourth-order valence-corrected chi connectivity index (χ4v) is 0.729. The molecule has 0 amide bonds. The van der Waals surface area contributed by atoms with Crippen LogP contribution < -0.4 is 0 Å². The van der Waals surface area contributed by atoms with Gasteiger partial charge in [0.15, 0.2) is 0 Å². The van der Waals surface area contributed by atoms with Gasteiger partial charge in [-0.25, -0.2) is 0 Å². The van der Waals surface area contributed by atoms with Gasteiger partial charge in [-0.05, 0) is 0 Å². The van der Waals surface area contributed by atoms with E-state index in [0.29, 0.717) is 26.3 Å². The van der Waals surface area contributed by atoms with Crippen molar-refractivity contribution in [2.75, 3.05) is 33.4 Å². The molecule has 1 aliphatic heterocycles. The van der Waals surface area contributed by atoms with Gasteiger partial charge >= 0.3 is 0 Å². The zero-order valence-corrected chi connectivity index (χ0v) is 7.04. The average Bonchev–Trinajstić information content (AvgIpc) is 1.88. The predicted octanol–water partition coefficient (Wildman–Crippen LogP) is 0.491. The summed E-state index contributed by atoms with van der Waals surface area (Å²) in [5.41, 5.74) is 0. The second kappa shape index (κ2) is 5.08. The van der Waals surface area contributed by atoms with Gasteiger partial charge in [-0.1, -0.05) is 0 Å². The maximum absolute atomic E-state index is 11.0.